The Labute approximate surface area is 109 Å². The van der Waals surface area contributed by atoms with Crippen LogP contribution in [0.15, 0.2) is 6.20 Å². The Kier molecular flexibility index (Phi) is 3.96. The van der Waals surface area contributed by atoms with Gasteiger partial charge in [0.25, 0.3) is 5.91 Å². The van der Waals surface area contributed by atoms with Gasteiger partial charge in [0, 0.05) is 6.54 Å². The molecule has 0 bridgehead atoms. The fourth-order valence-electron chi connectivity index (χ4n) is 2.15. The topological polar surface area (TPSA) is 70.5 Å². The Morgan fingerprint density at radius 3 is 2.94 bits per heavy atom. The number of nitrogens with zero attached hydrogens (tertiary/aromatic N) is 2. The van der Waals surface area contributed by atoms with E-state index in [1.165, 1.54) is 16.2 Å². The van der Waals surface area contributed by atoms with Crippen LogP contribution >= 0.6 is 11.3 Å². The monoisotopic (exact) mass is 268 g/mol. The van der Waals surface area contributed by atoms with Crippen LogP contribution in [0.3, 0.4) is 0 Å². The number of aromatic nitrogens is 1. The van der Waals surface area contributed by atoms with E-state index in [0.717, 1.165) is 24.3 Å². The minimum absolute atomic E-state index is 0.195. The normalized spacial score (nSPS) is 19.8. The van der Waals surface area contributed by atoms with Crippen molar-refractivity contribution in [3.63, 3.8) is 0 Å². The van der Waals surface area contributed by atoms with Crippen LogP contribution < -0.4 is 0 Å². The lowest BCUT2D eigenvalue weighted by Crippen LogP contribution is -2.47. The molecule has 1 aliphatic heterocycles. The third-order valence-electron chi connectivity index (χ3n) is 3.12. The first-order chi connectivity index (χ1) is 8.63. The summed E-state index contributed by atoms with van der Waals surface area (Å²) in [6.45, 7) is 2.50. The number of hydrogen-bond donors (Lipinski definition) is 1. The van der Waals surface area contributed by atoms with E-state index in [2.05, 4.69) is 4.98 Å². The summed E-state index contributed by atoms with van der Waals surface area (Å²) in [6, 6.07) is -0.682. The first kappa shape index (κ1) is 13.0. The smallest absolute Gasteiger partial charge is 0.326 e. The first-order valence-electron chi connectivity index (χ1n) is 6.12. The summed E-state index contributed by atoms with van der Waals surface area (Å²) in [5, 5.41) is 10.1. The van der Waals surface area contributed by atoms with Crippen LogP contribution in [0.4, 0.5) is 0 Å². The van der Waals surface area contributed by atoms with Gasteiger partial charge in [-0.3, -0.25) is 4.79 Å². The molecule has 5 nitrogen and oxygen atoms in total. The Balaban J connectivity index is 2.17. The maximum Gasteiger partial charge on any atom is 0.326 e. The van der Waals surface area contributed by atoms with Crippen molar-refractivity contribution in [3.05, 3.63) is 16.1 Å². The summed E-state index contributed by atoms with van der Waals surface area (Å²) < 4.78 is 0. The van der Waals surface area contributed by atoms with Gasteiger partial charge in [0.2, 0.25) is 0 Å². The van der Waals surface area contributed by atoms with Gasteiger partial charge in [0.15, 0.2) is 0 Å². The number of carboxylic acid groups (broad SMARTS) is 1. The summed E-state index contributed by atoms with van der Waals surface area (Å²) in [4.78, 5) is 29.6. The Hall–Kier alpha value is -1.43. The van der Waals surface area contributed by atoms with E-state index in [0.29, 0.717) is 17.8 Å². The number of hydrogen-bond acceptors (Lipinski definition) is 4. The van der Waals surface area contributed by atoms with Gasteiger partial charge in [-0.2, -0.15) is 0 Å². The van der Waals surface area contributed by atoms with E-state index in [4.69, 9.17) is 5.11 Å². The molecule has 2 rings (SSSR count). The molecule has 1 amide bonds. The van der Waals surface area contributed by atoms with Gasteiger partial charge in [0.05, 0.1) is 11.2 Å². The molecule has 1 N–H and O–H groups in total. The second kappa shape index (κ2) is 5.48. The number of aryl methyl sites for hydroxylation is 1. The predicted molar refractivity (Wildman–Crippen MR) is 67.8 cm³/mol. The first-order valence-corrected chi connectivity index (χ1v) is 6.93. The molecular weight excluding hydrogens is 252 g/mol. The Morgan fingerprint density at radius 1 is 1.56 bits per heavy atom. The molecule has 0 aliphatic carbocycles. The molecule has 1 aromatic rings. The summed E-state index contributed by atoms with van der Waals surface area (Å²) >= 11 is 1.35. The molecule has 1 fully saturated rings. The molecule has 0 aromatic carbocycles. The molecule has 1 saturated heterocycles. The average Bonchev–Trinajstić information content (AvgIpc) is 2.86. The number of amides is 1. The number of thiazole rings is 1. The van der Waals surface area contributed by atoms with E-state index < -0.39 is 12.0 Å². The van der Waals surface area contributed by atoms with Gasteiger partial charge < -0.3 is 10.0 Å². The zero-order valence-electron chi connectivity index (χ0n) is 10.3. The van der Waals surface area contributed by atoms with Crippen LogP contribution in [0.2, 0.25) is 0 Å². The molecule has 1 aliphatic rings. The second-order valence-electron chi connectivity index (χ2n) is 4.32. The SMILES string of the molecule is CCc1ncc(C(=O)N2CCCCC2C(=O)O)s1. The van der Waals surface area contributed by atoms with Crippen LogP contribution in [-0.2, 0) is 11.2 Å². The average molecular weight is 268 g/mol. The summed E-state index contributed by atoms with van der Waals surface area (Å²) in [5.41, 5.74) is 0. The lowest BCUT2D eigenvalue weighted by molar-refractivity contribution is -0.143. The summed E-state index contributed by atoms with van der Waals surface area (Å²) in [6.07, 6.45) is 4.62. The third-order valence-corrected chi connectivity index (χ3v) is 4.25. The van der Waals surface area contributed by atoms with Crippen molar-refractivity contribution in [1.82, 2.24) is 9.88 Å². The van der Waals surface area contributed by atoms with E-state index in [-0.39, 0.29) is 5.91 Å². The van der Waals surface area contributed by atoms with Crippen molar-refractivity contribution >= 4 is 23.2 Å². The van der Waals surface area contributed by atoms with Crippen molar-refractivity contribution in [1.29, 1.82) is 0 Å². The fourth-order valence-corrected chi connectivity index (χ4v) is 2.96. The number of carbonyl (C=O) groups excluding carboxylic acids is 1. The standard InChI is InChI=1S/C12H16N2O3S/c1-2-10-13-7-9(18-10)11(15)14-6-4-3-5-8(14)12(16)17/h7-8H,2-6H2,1H3,(H,16,17). The Bertz CT molecular complexity index is 458. The maximum atomic E-state index is 12.3. The zero-order chi connectivity index (χ0) is 13.1. The number of carbonyl (C=O) groups is 2. The highest BCUT2D eigenvalue weighted by atomic mass is 32.1. The van der Waals surface area contributed by atoms with E-state index in [9.17, 15) is 9.59 Å². The molecule has 1 aromatic heterocycles. The van der Waals surface area contributed by atoms with Gasteiger partial charge >= 0.3 is 5.97 Å². The van der Waals surface area contributed by atoms with E-state index >= 15 is 0 Å². The second-order valence-corrected chi connectivity index (χ2v) is 5.44. The molecule has 1 unspecified atom stereocenters. The van der Waals surface area contributed by atoms with Crippen LogP contribution in [0.5, 0.6) is 0 Å². The highest BCUT2D eigenvalue weighted by Crippen LogP contribution is 2.22. The van der Waals surface area contributed by atoms with Gasteiger partial charge in [0.1, 0.15) is 10.9 Å². The number of aliphatic carboxylic acids is 1. The van der Waals surface area contributed by atoms with Crippen molar-refractivity contribution in [2.75, 3.05) is 6.54 Å². The van der Waals surface area contributed by atoms with Gasteiger partial charge in [-0.05, 0) is 25.7 Å². The third kappa shape index (κ3) is 2.53. The lowest BCUT2D eigenvalue weighted by Gasteiger charge is -2.32. The fraction of sp³-hybridized carbons (Fsp3) is 0.583. The van der Waals surface area contributed by atoms with Crippen LogP contribution in [0, 0.1) is 0 Å². The van der Waals surface area contributed by atoms with Gasteiger partial charge in [-0.25, -0.2) is 9.78 Å². The minimum Gasteiger partial charge on any atom is -0.480 e. The molecular formula is C12H16N2O3S. The Morgan fingerprint density at radius 2 is 2.33 bits per heavy atom. The van der Waals surface area contributed by atoms with Crippen molar-refractivity contribution < 1.29 is 14.7 Å². The number of likely N-dealkylation sites (tertiary alicyclic amines) is 1. The quantitative estimate of drug-likeness (QED) is 0.907. The number of carboxylic acids is 1. The number of piperidine rings is 1. The summed E-state index contributed by atoms with van der Waals surface area (Å²) in [7, 11) is 0. The lowest BCUT2D eigenvalue weighted by atomic mass is 10.0. The molecule has 0 saturated carbocycles. The largest absolute Gasteiger partial charge is 0.480 e. The molecule has 0 radical (unpaired) electrons. The minimum atomic E-state index is -0.914. The molecule has 2 heterocycles. The molecule has 0 spiro atoms. The van der Waals surface area contributed by atoms with E-state index in [1.54, 1.807) is 6.20 Å². The van der Waals surface area contributed by atoms with Crippen LogP contribution in [0.1, 0.15) is 40.9 Å². The van der Waals surface area contributed by atoms with Crippen molar-refractivity contribution in [3.8, 4) is 0 Å². The summed E-state index contributed by atoms with van der Waals surface area (Å²) in [5.74, 6) is -1.11. The molecule has 6 heteroatoms. The highest BCUT2D eigenvalue weighted by molar-refractivity contribution is 7.13. The van der Waals surface area contributed by atoms with E-state index in [1.807, 2.05) is 6.92 Å². The van der Waals surface area contributed by atoms with Gasteiger partial charge in [-0.1, -0.05) is 6.92 Å². The van der Waals surface area contributed by atoms with Crippen LogP contribution in [-0.4, -0.2) is 39.5 Å². The molecule has 98 valence electrons. The molecule has 18 heavy (non-hydrogen) atoms. The molecule has 1 atom stereocenters. The predicted octanol–water partition coefficient (Wildman–Crippen LogP) is 1.78. The highest BCUT2D eigenvalue weighted by Gasteiger charge is 2.33. The van der Waals surface area contributed by atoms with Crippen LogP contribution in [0.25, 0.3) is 0 Å². The van der Waals surface area contributed by atoms with Crippen molar-refractivity contribution in [2.45, 2.75) is 38.6 Å². The maximum absolute atomic E-state index is 12.3. The van der Waals surface area contributed by atoms with Gasteiger partial charge in [-0.15, -0.1) is 11.3 Å². The number of rotatable bonds is 3. The van der Waals surface area contributed by atoms with Crippen molar-refractivity contribution in [2.24, 2.45) is 0 Å². The zero-order valence-corrected chi connectivity index (χ0v) is 11.1.